The van der Waals surface area contributed by atoms with Crippen molar-refractivity contribution >= 4 is 28.4 Å². The Balaban J connectivity index is 1.82. The van der Waals surface area contributed by atoms with Crippen molar-refractivity contribution in [2.45, 2.75) is 19.8 Å². The third-order valence-corrected chi connectivity index (χ3v) is 4.58. The van der Waals surface area contributed by atoms with Gasteiger partial charge in [0.15, 0.2) is 11.5 Å². The Morgan fingerprint density at radius 3 is 2.83 bits per heavy atom. The molecule has 0 spiro atoms. The van der Waals surface area contributed by atoms with Crippen LogP contribution in [0.5, 0.6) is 0 Å². The van der Waals surface area contributed by atoms with E-state index in [1.54, 1.807) is 32.0 Å². The molecule has 0 aliphatic carbocycles. The third-order valence-electron chi connectivity index (χ3n) is 4.58. The molecule has 0 bridgehead atoms. The molecule has 0 aliphatic rings. The second kappa shape index (κ2) is 7.43. The molecule has 4 aromatic rings. The fourth-order valence-corrected chi connectivity index (χ4v) is 3.12. The number of benzene rings is 1. The predicted molar refractivity (Wildman–Crippen MR) is 103 cm³/mol. The monoisotopic (exact) mass is 411 g/mol. The van der Waals surface area contributed by atoms with Gasteiger partial charge in [-0.05, 0) is 31.2 Å². The number of nitrogens with two attached hydrogens (primary N) is 1. The van der Waals surface area contributed by atoms with Gasteiger partial charge in [0.25, 0.3) is 0 Å². The van der Waals surface area contributed by atoms with E-state index in [9.17, 15) is 9.18 Å². The van der Waals surface area contributed by atoms with E-state index in [1.165, 1.54) is 22.8 Å². The largest absolute Gasteiger partial charge is 0.430 e. The highest BCUT2D eigenvalue weighted by Crippen LogP contribution is 2.31. The number of amides is 1. The molecular weight excluding hydrogens is 396 g/mol. The highest BCUT2D eigenvalue weighted by atomic mass is 19.1. The molecule has 2 N–H and O–H groups in total. The summed E-state index contributed by atoms with van der Waals surface area (Å²) < 4.78 is 31.2. The number of nitrogens with zero attached hydrogens (tertiary/aromatic N) is 6. The lowest BCUT2D eigenvalue weighted by molar-refractivity contribution is 0.161. The number of pyridine rings is 1. The van der Waals surface area contributed by atoms with Crippen molar-refractivity contribution in [1.82, 2.24) is 24.8 Å². The van der Waals surface area contributed by atoms with E-state index >= 15 is 4.39 Å². The van der Waals surface area contributed by atoms with Gasteiger partial charge in [-0.15, -0.1) is 10.2 Å². The Kier molecular flexibility index (Phi) is 4.78. The normalized spacial score (nSPS) is 13.0. The molecule has 0 saturated carbocycles. The molecule has 1 unspecified atom stereocenters. The second-order valence-corrected chi connectivity index (χ2v) is 6.51. The van der Waals surface area contributed by atoms with Gasteiger partial charge >= 0.3 is 6.09 Å². The summed E-state index contributed by atoms with van der Waals surface area (Å²) in [6.45, 7) is 3.16. The molecule has 0 fully saturated rings. The summed E-state index contributed by atoms with van der Waals surface area (Å²) in [5, 5.41) is 16.2. The highest BCUT2D eigenvalue weighted by Gasteiger charge is 2.25. The molecule has 3 aromatic heterocycles. The van der Waals surface area contributed by atoms with Crippen molar-refractivity contribution in [3.63, 3.8) is 0 Å². The maximum absolute atomic E-state index is 15.1. The van der Waals surface area contributed by atoms with Crippen molar-refractivity contribution in [2.24, 2.45) is 10.9 Å². The topological polar surface area (TPSA) is 121 Å². The molecule has 0 aliphatic heterocycles. The van der Waals surface area contributed by atoms with Gasteiger partial charge in [-0.25, -0.2) is 13.6 Å². The Bertz CT molecular complexity index is 1320. The van der Waals surface area contributed by atoms with E-state index in [2.05, 4.69) is 30.3 Å². The van der Waals surface area contributed by atoms with Gasteiger partial charge in [0.1, 0.15) is 23.0 Å². The Morgan fingerprint density at radius 2 is 2.07 bits per heavy atom. The summed E-state index contributed by atoms with van der Waals surface area (Å²) in [7, 11) is 0. The summed E-state index contributed by atoms with van der Waals surface area (Å²) in [6, 6.07) is 7.49. The number of hydrogen-bond donors (Lipinski definition) is 1. The van der Waals surface area contributed by atoms with Gasteiger partial charge in [-0.3, -0.25) is 9.82 Å². The van der Waals surface area contributed by atoms with Crippen LogP contribution in [0.4, 0.5) is 13.6 Å². The molecule has 1 atom stereocenters. The summed E-state index contributed by atoms with van der Waals surface area (Å²) in [5.41, 5.74) is 5.91. The summed E-state index contributed by atoms with van der Waals surface area (Å²) >= 11 is 0. The average Bonchev–Trinajstić information content (AvgIpc) is 3.15. The van der Waals surface area contributed by atoms with Crippen molar-refractivity contribution < 1.29 is 18.4 Å². The van der Waals surface area contributed by atoms with E-state index in [-0.39, 0.29) is 28.0 Å². The molecule has 0 saturated heterocycles. The average molecular weight is 411 g/mol. The first kappa shape index (κ1) is 19.3. The molecule has 0 radical (unpaired) electrons. The second-order valence-electron chi connectivity index (χ2n) is 6.51. The Labute approximate surface area is 168 Å². The van der Waals surface area contributed by atoms with Gasteiger partial charge in [-0.1, -0.05) is 12.1 Å². The van der Waals surface area contributed by atoms with Crippen LogP contribution in [-0.2, 0) is 4.84 Å². The zero-order valence-electron chi connectivity index (χ0n) is 15.9. The third kappa shape index (κ3) is 3.30. The number of halogens is 2. The van der Waals surface area contributed by atoms with Crippen LogP contribution in [-0.4, -0.2) is 36.6 Å². The first-order valence-corrected chi connectivity index (χ1v) is 8.83. The minimum Gasteiger partial charge on any atom is -0.333 e. The van der Waals surface area contributed by atoms with Gasteiger partial charge < -0.3 is 5.73 Å². The lowest BCUT2D eigenvalue weighted by Crippen LogP contribution is -2.13. The maximum atomic E-state index is 15.1. The van der Waals surface area contributed by atoms with E-state index in [0.717, 1.165) is 0 Å². The highest BCUT2D eigenvalue weighted by molar-refractivity contribution is 5.96. The van der Waals surface area contributed by atoms with E-state index in [4.69, 9.17) is 5.73 Å². The van der Waals surface area contributed by atoms with Crippen LogP contribution in [0.25, 0.3) is 16.6 Å². The van der Waals surface area contributed by atoms with E-state index in [0.29, 0.717) is 11.3 Å². The molecule has 11 heteroatoms. The molecular formula is C19H15F2N7O2. The van der Waals surface area contributed by atoms with Crippen LogP contribution < -0.4 is 5.73 Å². The van der Waals surface area contributed by atoms with Crippen LogP contribution in [0.15, 0.2) is 41.7 Å². The molecule has 4 rings (SSSR count). The van der Waals surface area contributed by atoms with E-state index in [1.807, 2.05) is 0 Å². The van der Waals surface area contributed by atoms with Crippen LogP contribution in [0, 0.1) is 11.6 Å². The minimum absolute atomic E-state index is 0.167. The fraction of sp³-hybridized carbons (Fsp3) is 0.158. The first-order valence-electron chi connectivity index (χ1n) is 8.83. The van der Waals surface area contributed by atoms with Gasteiger partial charge in [-0.2, -0.15) is 9.61 Å². The van der Waals surface area contributed by atoms with Crippen LogP contribution in [0.2, 0.25) is 0 Å². The number of carbonyl (C=O) groups is 1. The van der Waals surface area contributed by atoms with Gasteiger partial charge in [0, 0.05) is 29.1 Å². The van der Waals surface area contributed by atoms with E-state index < -0.39 is 23.6 Å². The van der Waals surface area contributed by atoms with Gasteiger partial charge in [0.2, 0.25) is 0 Å². The standard InChI is InChI=1S/C19H15F2N7O2/c1-9(16-12(20)8-14-11(17(16)21)4-3-7-23-14)18-25-24-15-6-5-13(26-28(15)18)10(2)27-30-19(22)29/h3-9H,1-2H3,(H2,22,29)/b27-10+. The lowest BCUT2D eigenvalue weighted by atomic mass is 9.97. The number of aromatic nitrogens is 5. The van der Waals surface area contributed by atoms with Gasteiger partial charge in [0.05, 0.1) is 5.52 Å². The first-order chi connectivity index (χ1) is 14.4. The minimum atomic E-state index is -1.06. The zero-order valence-corrected chi connectivity index (χ0v) is 15.9. The van der Waals surface area contributed by atoms with Crippen molar-refractivity contribution in [1.29, 1.82) is 0 Å². The smallest absolute Gasteiger partial charge is 0.333 e. The van der Waals surface area contributed by atoms with Crippen LogP contribution >= 0.6 is 0 Å². The van der Waals surface area contributed by atoms with Crippen molar-refractivity contribution in [3.05, 3.63) is 65.2 Å². The number of carbonyl (C=O) groups excluding carboxylic acids is 1. The number of primary amides is 1. The number of fused-ring (bicyclic) bond motifs is 2. The predicted octanol–water partition coefficient (Wildman–Crippen LogP) is 2.92. The maximum Gasteiger partial charge on any atom is 0.430 e. The molecule has 1 aromatic carbocycles. The molecule has 30 heavy (non-hydrogen) atoms. The van der Waals surface area contributed by atoms with Crippen molar-refractivity contribution in [2.75, 3.05) is 0 Å². The molecule has 3 heterocycles. The fourth-order valence-electron chi connectivity index (χ4n) is 3.12. The van der Waals surface area contributed by atoms with Crippen molar-refractivity contribution in [3.8, 4) is 0 Å². The SMILES string of the molecule is C/C(=N\OC(N)=O)c1ccc2nnc(C(C)c3c(F)cc4ncccc4c3F)n2n1. The lowest BCUT2D eigenvalue weighted by Gasteiger charge is -2.14. The number of hydrogen-bond acceptors (Lipinski definition) is 7. The molecule has 152 valence electrons. The van der Waals surface area contributed by atoms with Crippen LogP contribution in [0.1, 0.15) is 36.8 Å². The summed E-state index contributed by atoms with van der Waals surface area (Å²) in [5.74, 6) is -2.05. The molecule has 9 nitrogen and oxygen atoms in total. The summed E-state index contributed by atoms with van der Waals surface area (Å²) in [6.07, 6.45) is 0.402. The number of rotatable bonds is 4. The van der Waals surface area contributed by atoms with Crippen LogP contribution in [0.3, 0.4) is 0 Å². The zero-order chi connectivity index (χ0) is 21.4. The quantitative estimate of drug-likeness (QED) is 0.313. The Morgan fingerprint density at radius 1 is 1.27 bits per heavy atom. The molecule has 1 amide bonds. The Hall–Kier alpha value is -4.02. The number of oxime groups is 1. The summed E-state index contributed by atoms with van der Waals surface area (Å²) in [4.78, 5) is 19.1.